The van der Waals surface area contributed by atoms with Crippen molar-refractivity contribution < 1.29 is 13.2 Å². The number of rotatable bonds is 2. The molecule has 1 atom stereocenters. The minimum absolute atomic E-state index is 0.132. The highest BCUT2D eigenvalue weighted by molar-refractivity contribution is 6.30. The van der Waals surface area contributed by atoms with Gasteiger partial charge < -0.3 is 5.32 Å². The maximum Gasteiger partial charge on any atom is 0.416 e. The summed E-state index contributed by atoms with van der Waals surface area (Å²) >= 11 is 5.77. The minimum Gasteiger partial charge on any atom is -0.312 e. The molecule has 0 unspecified atom stereocenters. The Bertz CT molecular complexity index is 448. The van der Waals surface area contributed by atoms with Crippen LogP contribution >= 0.6 is 11.6 Å². The predicted molar refractivity (Wildman–Crippen MR) is 69.2 cm³/mol. The summed E-state index contributed by atoms with van der Waals surface area (Å²) in [4.78, 5) is 2.13. The Hall–Kier alpha value is -0.780. The minimum atomic E-state index is -4.35. The molecule has 0 aliphatic carbocycles. The Morgan fingerprint density at radius 2 is 2.11 bits per heavy atom. The molecule has 1 aromatic carbocycles. The number of benzene rings is 1. The quantitative estimate of drug-likeness (QED) is 0.901. The van der Waals surface area contributed by atoms with Gasteiger partial charge in [0.1, 0.15) is 0 Å². The number of alkyl halides is 3. The molecule has 1 fully saturated rings. The summed E-state index contributed by atoms with van der Waals surface area (Å²) in [6, 6.07) is 4.10. The number of hydrogen-bond acceptors (Lipinski definition) is 2. The zero-order valence-corrected chi connectivity index (χ0v) is 11.4. The van der Waals surface area contributed by atoms with Crippen molar-refractivity contribution in [2.75, 3.05) is 19.6 Å². The smallest absolute Gasteiger partial charge is 0.312 e. The first-order valence-electron chi connectivity index (χ1n) is 6.17. The van der Waals surface area contributed by atoms with Crippen LogP contribution in [0.1, 0.15) is 18.1 Å². The monoisotopic (exact) mass is 292 g/mol. The fourth-order valence-corrected chi connectivity index (χ4v) is 2.58. The van der Waals surface area contributed by atoms with E-state index in [0.29, 0.717) is 18.2 Å². The van der Waals surface area contributed by atoms with Crippen molar-refractivity contribution in [3.63, 3.8) is 0 Å². The first-order chi connectivity index (χ1) is 8.84. The topological polar surface area (TPSA) is 15.3 Å². The van der Waals surface area contributed by atoms with Gasteiger partial charge in [0.2, 0.25) is 0 Å². The molecule has 1 saturated heterocycles. The molecule has 1 heterocycles. The summed E-state index contributed by atoms with van der Waals surface area (Å²) in [6.07, 6.45) is -4.35. The van der Waals surface area contributed by atoms with Crippen LogP contribution in [0.15, 0.2) is 18.2 Å². The first-order valence-corrected chi connectivity index (χ1v) is 6.55. The number of halogens is 4. The van der Waals surface area contributed by atoms with E-state index in [4.69, 9.17) is 11.6 Å². The zero-order valence-electron chi connectivity index (χ0n) is 10.6. The van der Waals surface area contributed by atoms with E-state index in [1.807, 2.05) is 0 Å². The van der Waals surface area contributed by atoms with E-state index in [0.717, 1.165) is 25.7 Å². The van der Waals surface area contributed by atoms with Crippen molar-refractivity contribution in [3.8, 4) is 0 Å². The lowest BCUT2D eigenvalue weighted by atomic mass is 10.1. The number of hydrogen-bond donors (Lipinski definition) is 1. The first kappa shape index (κ1) is 14.6. The molecule has 1 aliphatic heterocycles. The van der Waals surface area contributed by atoms with Crippen LogP contribution in [0.5, 0.6) is 0 Å². The summed E-state index contributed by atoms with van der Waals surface area (Å²) in [7, 11) is 0. The average Bonchev–Trinajstić information content (AvgIpc) is 2.26. The Kier molecular flexibility index (Phi) is 4.38. The van der Waals surface area contributed by atoms with Gasteiger partial charge >= 0.3 is 6.18 Å². The molecule has 2 nitrogen and oxygen atoms in total. The van der Waals surface area contributed by atoms with Crippen LogP contribution in [0.25, 0.3) is 0 Å². The van der Waals surface area contributed by atoms with Crippen molar-refractivity contribution in [1.29, 1.82) is 0 Å². The molecule has 6 heteroatoms. The average molecular weight is 293 g/mol. The highest BCUT2D eigenvalue weighted by Gasteiger charge is 2.31. The third-order valence-corrected chi connectivity index (χ3v) is 3.36. The molecule has 0 bridgehead atoms. The van der Waals surface area contributed by atoms with Crippen LogP contribution in [0, 0.1) is 0 Å². The molecule has 106 valence electrons. The fraction of sp³-hybridized carbons (Fsp3) is 0.538. The zero-order chi connectivity index (χ0) is 14.0. The van der Waals surface area contributed by atoms with E-state index in [1.54, 1.807) is 6.07 Å². The molecule has 1 aromatic rings. The largest absolute Gasteiger partial charge is 0.416 e. The molecule has 0 amide bonds. The van der Waals surface area contributed by atoms with E-state index in [-0.39, 0.29) is 5.02 Å². The third kappa shape index (κ3) is 4.09. The van der Waals surface area contributed by atoms with Gasteiger partial charge in [-0.25, -0.2) is 0 Å². The Morgan fingerprint density at radius 1 is 1.37 bits per heavy atom. The van der Waals surface area contributed by atoms with Crippen LogP contribution in [0.4, 0.5) is 13.2 Å². The molecular formula is C13H16ClF3N2. The second-order valence-electron chi connectivity index (χ2n) is 4.94. The lowest BCUT2D eigenvalue weighted by Crippen LogP contribution is -2.48. The lowest BCUT2D eigenvalue weighted by Gasteiger charge is -2.32. The second-order valence-corrected chi connectivity index (χ2v) is 5.37. The van der Waals surface area contributed by atoms with Gasteiger partial charge in [0.15, 0.2) is 0 Å². The summed E-state index contributed by atoms with van der Waals surface area (Å²) in [5.74, 6) is 0. The van der Waals surface area contributed by atoms with Gasteiger partial charge in [0, 0.05) is 37.2 Å². The summed E-state index contributed by atoms with van der Waals surface area (Å²) in [5, 5.41) is 3.43. The van der Waals surface area contributed by atoms with E-state index in [2.05, 4.69) is 17.1 Å². The Balaban J connectivity index is 2.14. The van der Waals surface area contributed by atoms with Crippen LogP contribution in [0.3, 0.4) is 0 Å². The van der Waals surface area contributed by atoms with Crippen molar-refractivity contribution in [2.45, 2.75) is 25.7 Å². The molecule has 0 aromatic heterocycles. The molecule has 2 rings (SSSR count). The molecule has 0 radical (unpaired) electrons. The SMILES string of the molecule is C[C@H]1CN(Cc2cc(Cl)cc(C(F)(F)F)c2)CCN1. The molecule has 19 heavy (non-hydrogen) atoms. The highest BCUT2D eigenvalue weighted by Crippen LogP contribution is 2.32. The van der Waals surface area contributed by atoms with Gasteiger partial charge in [-0.2, -0.15) is 13.2 Å². The Labute approximate surface area is 115 Å². The van der Waals surface area contributed by atoms with Gasteiger partial charge in [0.25, 0.3) is 0 Å². The van der Waals surface area contributed by atoms with Crippen molar-refractivity contribution in [2.24, 2.45) is 0 Å². The number of nitrogens with one attached hydrogen (secondary N) is 1. The maximum atomic E-state index is 12.7. The number of nitrogens with zero attached hydrogens (tertiary/aromatic N) is 1. The van der Waals surface area contributed by atoms with Crippen LogP contribution in [0.2, 0.25) is 5.02 Å². The normalized spacial score (nSPS) is 21.6. The van der Waals surface area contributed by atoms with Gasteiger partial charge in [-0.3, -0.25) is 4.90 Å². The molecule has 1 N–H and O–H groups in total. The van der Waals surface area contributed by atoms with Crippen molar-refractivity contribution in [3.05, 3.63) is 34.3 Å². The summed E-state index contributed by atoms with van der Waals surface area (Å²) in [5.41, 5.74) is -0.0768. The van der Waals surface area contributed by atoms with Gasteiger partial charge in [0.05, 0.1) is 5.56 Å². The Morgan fingerprint density at radius 3 is 2.74 bits per heavy atom. The number of piperazine rings is 1. The highest BCUT2D eigenvalue weighted by atomic mass is 35.5. The standard InChI is InChI=1S/C13H16ClF3N2/c1-9-7-19(3-2-18-9)8-10-4-11(13(15,16)17)6-12(14)5-10/h4-6,9,18H,2-3,7-8H2,1H3/t9-/m0/s1. The molecule has 1 aliphatic rings. The third-order valence-electron chi connectivity index (χ3n) is 3.14. The van der Waals surface area contributed by atoms with Crippen LogP contribution in [-0.2, 0) is 12.7 Å². The van der Waals surface area contributed by atoms with E-state index in [1.165, 1.54) is 6.07 Å². The van der Waals surface area contributed by atoms with E-state index >= 15 is 0 Å². The van der Waals surface area contributed by atoms with E-state index in [9.17, 15) is 13.2 Å². The lowest BCUT2D eigenvalue weighted by molar-refractivity contribution is -0.137. The molecule has 0 saturated carbocycles. The van der Waals surface area contributed by atoms with Gasteiger partial charge in [-0.1, -0.05) is 11.6 Å². The van der Waals surface area contributed by atoms with Gasteiger partial charge in [-0.05, 0) is 30.7 Å². The van der Waals surface area contributed by atoms with Crippen LogP contribution < -0.4 is 5.32 Å². The maximum absolute atomic E-state index is 12.7. The van der Waals surface area contributed by atoms with Gasteiger partial charge in [-0.15, -0.1) is 0 Å². The predicted octanol–water partition coefficient (Wildman–Crippen LogP) is 3.15. The fourth-order valence-electron chi connectivity index (χ4n) is 2.32. The van der Waals surface area contributed by atoms with Crippen LogP contribution in [-0.4, -0.2) is 30.6 Å². The van der Waals surface area contributed by atoms with Crippen molar-refractivity contribution >= 4 is 11.6 Å². The molecule has 0 spiro atoms. The summed E-state index contributed by atoms with van der Waals surface area (Å²) < 4.78 is 38.1. The van der Waals surface area contributed by atoms with Crippen molar-refractivity contribution in [1.82, 2.24) is 10.2 Å². The van der Waals surface area contributed by atoms with E-state index < -0.39 is 11.7 Å². The molecular weight excluding hydrogens is 277 g/mol. The summed E-state index contributed by atoms with van der Waals surface area (Å²) in [6.45, 7) is 5.07. The second kappa shape index (κ2) is 5.69.